The van der Waals surface area contributed by atoms with Crippen molar-refractivity contribution in [2.75, 3.05) is 13.7 Å². The average molecular weight is 641 g/mol. The lowest BCUT2D eigenvalue weighted by Gasteiger charge is -2.44. The van der Waals surface area contributed by atoms with Gasteiger partial charge in [-0.3, -0.25) is 0 Å². The molecule has 0 spiro atoms. The van der Waals surface area contributed by atoms with Gasteiger partial charge in [0.25, 0.3) is 0 Å². The van der Waals surface area contributed by atoms with Crippen LogP contribution in [0.4, 0.5) is 0 Å². The summed E-state index contributed by atoms with van der Waals surface area (Å²) < 4.78 is 35.4. The van der Waals surface area contributed by atoms with Crippen molar-refractivity contribution in [3.8, 4) is 11.5 Å². The van der Waals surface area contributed by atoms with Crippen LogP contribution in [-0.4, -0.2) is 67.4 Å². The van der Waals surface area contributed by atoms with E-state index in [-0.39, 0.29) is 16.7 Å². The smallest absolute Gasteiger partial charge is 0.338 e. The second-order valence-corrected chi connectivity index (χ2v) is 11.2. The van der Waals surface area contributed by atoms with Crippen LogP contribution in [0.25, 0.3) is 0 Å². The van der Waals surface area contributed by atoms with Crippen molar-refractivity contribution in [1.82, 2.24) is 0 Å². The van der Waals surface area contributed by atoms with Crippen molar-refractivity contribution < 1.29 is 47.9 Å². The van der Waals surface area contributed by atoms with E-state index in [2.05, 4.69) is 0 Å². The second kappa shape index (κ2) is 14.9. The minimum Gasteiger partial charge on any atom is -0.497 e. The Morgan fingerprint density at radius 2 is 0.957 bits per heavy atom. The molecular formula is C37H36O10. The van der Waals surface area contributed by atoms with Crippen molar-refractivity contribution in [2.24, 2.45) is 0 Å². The zero-order valence-corrected chi connectivity index (χ0v) is 26.5. The van der Waals surface area contributed by atoms with Crippen LogP contribution in [-0.2, 0) is 18.9 Å². The van der Waals surface area contributed by atoms with Gasteiger partial charge in [0.15, 0.2) is 12.2 Å². The van der Waals surface area contributed by atoms with Crippen molar-refractivity contribution in [3.63, 3.8) is 0 Å². The van der Waals surface area contributed by atoms with E-state index < -0.39 is 55.2 Å². The largest absolute Gasteiger partial charge is 0.497 e. The molecule has 0 bridgehead atoms. The minimum atomic E-state index is -1.47. The zero-order valence-electron chi connectivity index (χ0n) is 26.5. The second-order valence-electron chi connectivity index (χ2n) is 11.2. The van der Waals surface area contributed by atoms with Gasteiger partial charge in [-0.25, -0.2) is 14.4 Å². The number of ether oxygens (including phenoxy) is 6. The molecule has 1 aliphatic heterocycles. The molecule has 5 rings (SSSR count). The zero-order chi connectivity index (χ0) is 33.5. The third-order valence-electron chi connectivity index (χ3n) is 7.67. The summed E-state index contributed by atoms with van der Waals surface area (Å²) in [5, 5.41) is 10.5. The maximum absolute atomic E-state index is 13.6. The van der Waals surface area contributed by atoms with E-state index in [0.717, 1.165) is 16.7 Å². The lowest BCUT2D eigenvalue weighted by atomic mass is 9.97. The van der Waals surface area contributed by atoms with Crippen molar-refractivity contribution in [3.05, 3.63) is 130 Å². The lowest BCUT2D eigenvalue weighted by molar-refractivity contribution is -0.275. The van der Waals surface area contributed by atoms with Crippen molar-refractivity contribution in [2.45, 2.75) is 51.5 Å². The van der Waals surface area contributed by atoms with Crippen molar-refractivity contribution in [1.29, 1.82) is 0 Å². The third-order valence-corrected chi connectivity index (χ3v) is 7.67. The molecule has 0 unspecified atom stereocenters. The first-order chi connectivity index (χ1) is 22.6. The molecule has 1 heterocycles. The number of aryl methyl sites for hydroxylation is 3. The van der Waals surface area contributed by atoms with Crippen LogP contribution in [0.15, 0.2) is 97.1 Å². The van der Waals surface area contributed by atoms with Gasteiger partial charge in [-0.05, 0) is 81.4 Å². The van der Waals surface area contributed by atoms with Gasteiger partial charge in [0, 0.05) is 0 Å². The van der Waals surface area contributed by atoms with Crippen LogP contribution >= 0.6 is 0 Å². The Kier molecular flexibility index (Phi) is 10.5. The summed E-state index contributed by atoms with van der Waals surface area (Å²) in [6, 6.07) is 26.6. The highest BCUT2D eigenvalue weighted by atomic mass is 16.7. The van der Waals surface area contributed by atoms with Gasteiger partial charge in [-0.15, -0.1) is 0 Å². The number of rotatable bonds is 10. The van der Waals surface area contributed by atoms with Crippen molar-refractivity contribution >= 4 is 17.9 Å². The SMILES string of the molecule is COc1ccc(O[C@@H]2O[C@H](CO)[C@@H](OC(=O)c3ccc(C)cc3)[C@H](OC(=O)c3ccc(C)cc3)[C@H]2OC(=O)c2ccc(C)cc2)cc1. The lowest BCUT2D eigenvalue weighted by Crippen LogP contribution is -2.63. The summed E-state index contributed by atoms with van der Waals surface area (Å²) in [6.45, 7) is 4.99. The maximum atomic E-state index is 13.6. The number of aliphatic hydroxyl groups excluding tert-OH is 1. The molecule has 5 atom stereocenters. The molecule has 0 aliphatic carbocycles. The van der Waals surface area contributed by atoms with Crippen LogP contribution in [0.5, 0.6) is 11.5 Å². The molecule has 1 aliphatic rings. The Labute approximate surface area is 272 Å². The highest BCUT2D eigenvalue weighted by Gasteiger charge is 2.53. The fourth-order valence-corrected chi connectivity index (χ4v) is 4.95. The predicted octanol–water partition coefficient (Wildman–Crippen LogP) is 5.39. The van der Waals surface area contributed by atoms with Gasteiger partial charge >= 0.3 is 17.9 Å². The minimum absolute atomic E-state index is 0.211. The fraction of sp³-hybridized carbons (Fsp3) is 0.270. The Balaban J connectivity index is 1.55. The first-order valence-corrected chi connectivity index (χ1v) is 15.0. The first kappa shape index (κ1) is 33.2. The molecule has 47 heavy (non-hydrogen) atoms. The van der Waals surface area contributed by atoms with E-state index in [1.165, 1.54) is 7.11 Å². The summed E-state index contributed by atoms with van der Waals surface area (Å²) in [5.74, 6) is -1.41. The number of benzene rings is 4. The maximum Gasteiger partial charge on any atom is 0.338 e. The molecule has 0 amide bonds. The first-order valence-electron chi connectivity index (χ1n) is 15.0. The molecule has 0 radical (unpaired) electrons. The molecule has 1 saturated heterocycles. The molecule has 0 saturated carbocycles. The Hall–Kier alpha value is -5.19. The average Bonchev–Trinajstić information content (AvgIpc) is 3.08. The quantitative estimate of drug-likeness (QED) is 0.178. The Bertz CT molecular complexity index is 1660. The van der Waals surface area contributed by atoms with Gasteiger partial charge in [0.05, 0.1) is 30.4 Å². The normalized spacial score (nSPS) is 20.5. The summed E-state index contributed by atoms with van der Waals surface area (Å²) in [5.41, 5.74) is 3.45. The molecule has 1 fully saturated rings. The number of carbonyl (C=O) groups is 3. The summed E-state index contributed by atoms with van der Waals surface area (Å²) in [7, 11) is 1.53. The standard InChI is InChI=1S/C37H36O10/c1-22-5-11-25(12-6-22)34(39)45-31-30(21-38)44-37(43-29-19-17-28(42-4)18-20-29)33(47-36(41)27-15-9-24(3)10-16-27)32(31)46-35(40)26-13-7-23(2)8-14-26/h5-20,30-33,37-38H,21H2,1-4H3/t30-,31-,32+,33-,37-/m1/s1. The number of esters is 3. The summed E-state index contributed by atoms with van der Waals surface area (Å²) >= 11 is 0. The topological polar surface area (TPSA) is 127 Å². The molecule has 4 aromatic carbocycles. The highest BCUT2D eigenvalue weighted by Crippen LogP contribution is 2.32. The number of aliphatic hydroxyl groups is 1. The summed E-state index contributed by atoms with van der Waals surface area (Å²) in [4.78, 5) is 40.5. The predicted molar refractivity (Wildman–Crippen MR) is 171 cm³/mol. The molecule has 4 aromatic rings. The monoisotopic (exact) mass is 640 g/mol. The van der Waals surface area contributed by atoms with Crippen LogP contribution in [0.3, 0.4) is 0 Å². The number of carbonyl (C=O) groups excluding carboxylic acids is 3. The fourth-order valence-electron chi connectivity index (χ4n) is 4.95. The van der Waals surface area contributed by atoms with E-state index in [4.69, 9.17) is 28.4 Å². The van der Waals surface area contributed by atoms with Crippen LogP contribution in [0, 0.1) is 20.8 Å². The van der Waals surface area contributed by atoms with E-state index in [1.54, 1.807) is 97.1 Å². The highest BCUT2D eigenvalue weighted by molar-refractivity contribution is 5.91. The number of hydrogen-bond donors (Lipinski definition) is 1. The van der Waals surface area contributed by atoms with Gasteiger partial charge in [0.2, 0.25) is 12.4 Å². The van der Waals surface area contributed by atoms with E-state index in [0.29, 0.717) is 11.5 Å². The van der Waals surface area contributed by atoms with Crippen LogP contribution in [0.1, 0.15) is 47.8 Å². The van der Waals surface area contributed by atoms with Gasteiger partial charge in [-0.1, -0.05) is 53.1 Å². The Morgan fingerprint density at radius 3 is 1.36 bits per heavy atom. The van der Waals surface area contributed by atoms with Gasteiger partial charge in [0.1, 0.15) is 17.6 Å². The van der Waals surface area contributed by atoms with Gasteiger partial charge < -0.3 is 33.5 Å². The van der Waals surface area contributed by atoms with E-state index >= 15 is 0 Å². The number of hydrogen-bond acceptors (Lipinski definition) is 10. The molecule has 1 N–H and O–H groups in total. The van der Waals surface area contributed by atoms with Gasteiger partial charge in [-0.2, -0.15) is 0 Å². The molecule has 0 aromatic heterocycles. The van der Waals surface area contributed by atoms with Crippen LogP contribution in [0.2, 0.25) is 0 Å². The molecule has 244 valence electrons. The molecular weight excluding hydrogens is 604 g/mol. The van der Waals surface area contributed by atoms with E-state index in [9.17, 15) is 19.5 Å². The summed E-state index contributed by atoms with van der Waals surface area (Å²) in [6.07, 6.45) is -6.98. The third kappa shape index (κ3) is 8.16. The van der Waals surface area contributed by atoms with Crippen LogP contribution < -0.4 is 9.47 Å². The molecule has 10 heteroatoms. The Morgan fingerprint density at radius 1 is 0.574 bits per heavy atom. The number of methoxy groups -OCH3 is 1. The van der Waals surface area contributed by atoms with E-state index in [1.807, 2.05) is 20.8 Å². The molecule has 10 nitrogen and oxygen atoms in total.